The lowest BCUT2D eigenvalue weighted by Crippen LogP contribution is -2.41. The minimum absolute atomic E-state index is 0.720. The van der Waals surface area contributed by atoms with E-state index in [9.17, 15) is 0 Å². The van der Waals surface area contributed by atoms with E-state index in [1.54, 1.807) is 0 Å². The molecule has 0 bridgehead atoms. The first kappa shape index (κ1) is 13.0. The van der Waals surface area contributed by atoms with Gasteiger partial charge in [-0.05, 0) is 42.9 Å². The Morgan fingerprint density at radius 3 is 2.84 bits per heavy atom. The summed E-state index contributed by atoms with van der Waals surface area (Å²) in [5, 5.41) is 3.53. The van der Waals surface area contributed by atoms with E-state index in [0.717, 1.165) is 24.3 Å². The predicted octanol–water partition coefficient (Wildman–Crippen LogP) is 3.56. The molecule has 0 saturated carbocycles. The zero-order valence-electron chi connectivity index (χ0n) is 12.2. The number of hydrogen-bond acceptors (Lipinski definition) is 2. The van der Waals surface area contributed by atoms with E-state index in [1.165, 1.54) is 43.7 Å². The van der Waals surface area contributed by atoms with Crippen LogP contribution < -0.4 is 5.32 Å². The fourth-order valence-electron chi connectivity index (χ4n) is 3.57. The van der Waals surface area contributed by atoms with Crippen LogP contribution in [0.4, 0.5) is 5.69 Å². The van der Waals surface area contributed by atoms with Gasteiger partial charge in [-0.3, -0.25) is 0 Å². The van der Waals surface area contributed by atoms with Crippen LogP contribution in [0, 0.1) is 11.8 Å². The first-order valence-corrected chi connectivity index (χ1v) is 7.79. The summed E-state index contributed by atoms with van der Waals surface area (Å²) in [6.07, 6.45) is 2.64. The topological polar surface area (TPSA) is 15.3 Å². The largest absolute Gasteiger partial charge is 0.385 e. The summed E-state index contributed by atoms with van der Waals surface area (Å²) in [6.45, 7) is 9.76. The molecule has 2 aliphatic rings. The fraction of sp³-hybridized carbons (Fsp3) is 0.647. The number of para-hydroxylation sites is 1. The highest BCUT2D eigenvalue weighted by Crippen LogP contribution is 2.33. The van der Waals surface area contributed by atoms with Crippen molar-refractivity contribution in [1.29, 1.82) is 0 Å². The summed E-state index contributed by atoms with van der Waals surface area (Å²) < 4.78 is 0. The van der Waals surface area contributed by atoms with Crippen LogP contribution in [0.3, 0.4) is 0 Å². The van der Waals surface area contributed by atoms with Crippen molar-refractivity contribution in [3.8, 4) is 0 Å². The van der Waals surface area contributed by atoms with Gasteiger partial charge in [-0.15, -0.1) is 0 Å². The fourth-order valence-corrected chi connectivity index (χ4v) is 3.57. The highest BCUT2D eigenvalue weighted by molar-refractivity contribution is 5.54. The van der Waals surface area contributed by atoms with E-state index < -0.39 is 0 Å². The summed E-state index contributed by atoms with van der Waals surface area (Å²) in [6, 6.07) is 8.85. The molecule has 1 aromatic rings. The Hall–Kier alpha value is -1.02. The van der Waals surface area contributed by atoms with Crippen molar-refractivity contribution in [2.75, 3.05) is 31.5 Å². The molecule has 0 aliphatic carbocycles. The SMILES string of the molecule is CC1CCN(CC2CCNc3ccccc32)CC1C. The maximum absolute atomic E-state index is 3.53. The molecule has 0 radical (unpaired) electrons. The maximum Gasteiger partial charge on any atom is 0.0376 e. The Labute approximate surface area is 117 Å². The highest BCUT2D eigenvalue weighted by Gasteiger charge is 2.27. The molecule has 2 heteroatoms. The average molecular weight is 258 g/mol. The second-order valence-corrected chi connectivity index (χ2v) is 6.50. The first-order valence-electron chi connectivity index (χ1n) is 7.79. The normalized spacial score (nSPS) is 31.6. The zero-order chi connectivity index (χ0) is 13.2. The van der Waals surface area contributed by atoms with Crippen LogP contribution >= 0.6 is 0 Å². The van der Waals surface area contributed by atoms with Gasteiger partial charge in [-0.25, -0.2) is 0 Å². The molecule has 19 heavy (non-hydrogen) atoms. The third-order valence-corrected chi connectivity index (χ3v) is 5.11. The quantitative estimate of drug-likeness (QED) is 0.872. The summed E-state index contributed by atoms with van der Waals surface area (Å²) >= 11 is 0. The van der Waals surface area contributed by atoms with E-state index in [0.29, 0.717) is 0 Å². The number of benzene rings is 1. The molecule has 2 aliphatic heterocycles. The molecule has 3 rings (SSSR count). The Bertz CT molecular complexity index is 429. The molecule has 3 unspecified atom stereocenters. The number of likely N-dealkylation sites (tertiary alicyclic amines) is 1. The molecular formula is C17H26N2. The number of anilines is 1. The van der Waals surface area contributed by atoms with Gasteiger partial charge in [0.05, 0.1) is 0 Å². The molecular weight excluding hydrogens is 232 g/mol. The monoisotopic (exact) mass is 258 g/mol. The summed E-state index contributed by atoms with van der Waals surface area (Å²) in [7, 11) is 0. The molecule has 0 amide bonds. The van der Waals surface area contributed by atoms with Crippen molar-refractivity contribution in [3.05, 3.63) is 29.8 Å². The van der Waals surface area contributed by atoms with Crippen molar-refractivity contribution >= 4 is 5.69 Å². The molecule has 2 heterocycles. The van der Waals surface area contributed by atoms with E-state index >= 15 is 0 Å². The Morgan fingerprint density at radius 1 is 1.16 bits per heavy atom. The van der Waals surface area contributed by atoms with Crippen LogP contribution in [-0.4, -0.2) is 31.1 Å². The Balaban J connectivity index is 1.68. The Morgan fingerprint density at radius 2 is 2.00 bits per heavy atom. The second kappa shape index (κ2) is 5.54. The molecule has 0 spiro atoms. The lowest BCUT2D eigenvalue weighted by molar-refractivity contribution is 0.130. The van der Waals surface area contributed by atoms with E-state index in [-0.39, 0.29) is 0 Å². The van der Waals surface area contributed by atoms with Crippen LogP contribution in [0.15, 0.2) is 24.3 Å². The number of piperidine rings is 1. The summed E-state index contributed by atoms with van der Waals surface area (Å²) in [5.41, 5.74) is 2.89. The van der Waals surface area contributed by atoms with Crippen LogP contribution in [0.25, 0.3) is 0 Å². The van der Waals surface area contributed by atoms with Crippen LogP contribution in [-0.2, 0) is 0 Å². The van der Waals surface area contributed by atoms with Gasteiger partial charge in [-0.1, -0.05) is 32.0 Å². The molecule has 0 aromatic heterocycles. The first-order chi connectivity index (χ1) is 9.24. The van der Waals surface area contributed by atoms with Gasteiger partial charge in [0, 0.05) is 31.2 Å². The lowest BCUT2D eigenvalue weighted by Gasteiger charge is -2.38. The average Bonchev–Trinajstić information content (AvgIpc) is 2.43. The third-order valence-electron chi connectivity index (χ3n) is 5.11. The number of hydrogen-bond donors (Lipinski definition) is 1. The van der Waals surface area contributed by atoms with Crippen LogP contribution in [0.5, 0.6) is 0 Å². The second-order valence-electron chi connectivity index (χ2n) is 6.50. The third kappa shape index (κ3) is 2.79. The molecule has 1 aromatic carbocycles. The van der Waals surface area contributed by atoms with Gasteiger partial charge in [0.1, 0.15) is 0 Å². The van der Waals surface area contributed by atoms with Crippen LogP contribution in [0.2, 0.25) is 0 Å². The summed E-state index contributed by atoms with van der Waals surface area (Å²) in [5.74, 6) is 2.47. The highest BCUT2D eigenvalue weighted by atomic mass is 15.1. The number of nitrogens with one attached hydrogen (secondary N) is 1. The molecule has 104 valence electrons. The standard InChI is InChI=1S/C17H26N2/c1-13-8-10-19(11-14(13)2)12-15-7-9-18-17-6-4-3-5-16(15)17/h3-6,13-15,18H,7-12H2,1-2H3. The number of nitrogens with zero attached hydrogens (tertiary/aromatic N) is 1. The number of rotatable bonds is 2. The van der Waals surface area contributed by atoms with Crippen molar-refractivity contribution in [2.45, 2.75) is 32.6 Å². The minimum Gasteiger partial charge on any atom is -0.385 e. The Kier molecular flexibility index (Phi) is 3.79. The van der Waals surface area contributed by atoms with E-state index in [1.807, 2.05) is 0 Å². The van der Waals surface area contributed by atoms with Crippen molar-refractivity contribution in [2.24, 2.45) is 11.8 Å². The number of fused-ring (bicyclic) bond motifs is 1. The van der Waals surface area contributed by atoms with Crippen LogP contribution in [0.1, 0.15) is 38.2 Å². The van der Waals surface area contributed by atoms with Gasteiger partial charge in [0.2, 0.25) is 0 Å². The smallest absolute Gasteiger partial charge is 0.0376 e. The summed E-state index contributed by atoms with van der Waals surface area (Å²) in [4.78, 5) is 2.69. The van der Waals surface area contributed by atoms with E-state index in [2.05, 4.69) is 48.3 Å². The van der Waals surface area contributed by atoms with Gasteiger partial charge in [-0.2, -0.15) is 0 Å². The predicted molar refractivity (Wildman–Crippen MR) is 81.7 cm³/mol. The van der Waals surface area contributed by atoms with Gasteiger partial charge < -0.3 is 10.2 Å². The van der Waals surface area contributed by atoms with E-state index in [4.69, 9.17) is 0 Å². The van der Waals surface area contributed by atoms with Gasteiger partial charge >= 0.3 is 0 Å². The zero-order valence-corrected chi connectivity index (χ0v) is 12.2. The maximum atomic E-state index is 3.53. The molecule has 1 saturated heterocycles. The minimum atomic E-state index is 0.720. The lowest BCUT2D eigenvalue weighted by atomic mass is 9.86. The molecule has 2 nitrogen and oxygen atoms in total. The molecule has 1 N–H and O–H groups in total. The molecule has 1 fully saturated rings. The molecule has 3 atom stereocenters. The van der Waals surface area contributed by atoms with Gasteiger partial charge in [0.15, 0.2) is 0 Å². The van der Waals surface area contributed by atoms with Gasteiger partial charge in [0.25, 0.3) is 0 Å². The van der Waals surface area contributed by atoms with Crippen molar-refractivity contribution in [1.82, 2.24) is 4.90 Å². The van der Waals surface area contributed by atoms with Crippen molar-refractivity contribution in [3.63, 3.8) is 0 Å². The van der Waals surface area contributed by atoms with Crippen molar-refractivity contribution < 1.29 is 0 Å².